The Kier molecular flexibility index (Phi) is 3.33. The Bertz CT molecular complexity index is 427. The van der Waals surface area contributed by atoms with Crippen molar-refractivity contribution >= 4 is 23.8 Å². The topological polar surface area (TPSA) is 0 Å². The first kappa shape index (κ1) is 12.0. The van der Waals surface area contributed by atoms with Crippen LogP contribution in [-0.2, 0) is 0 Å². The predicted molar refractivity (Wildman–Crippen MR) is 72.1 cm³/mol. The van der Waals surface area contributed by atoms with Gasteiger partial charge in [-0.2, -0.15) is 0 Å². The molecule has 0 spiro atoms. The first-order chi connectivity index (χ1) is 7.50. The molecule has 0 nitrogen and oxygen atoms in total. The van der Waals surface area contributed by atoms with E-state index in [2.05, 4.69) is 69.7 Å². The number of hydrogen-bond donors (Lipinski definition) is 0. The molecule has 1 aromatic rings. The summed E-state index contributed by atoms with van der Waals surface area (Å²) in [7, 11) is 0. The van der Waals surface area contributed by atoms with Crippen LogP contribution < -0.4 is 0 Å². The molecule has 0 fully saturated rings. The van der Waals surface area contributed by atoms with Crippen LogP contribution >= 0.6 is 0 Å². The molecule has 0 N–H and O–H groups in total. The summed E-state index contributed by atoms with van der Waals surface area (Å²) in [6.45, 7) is 9.13. The summed E-state index contributed by atoms with van der Waals surface area (Å²) in [6, 6.07) is 4.80. The molecule has 80 valence electrons. The summed E-state index contributed by atoms with van der Waals surface area (Å²) in [5.74, 6) is 1.23. The average Bonchev–Trinajstić information content (AvgIpc) is 2.59. The quantitative estimate of drug-likeness (QED) is 0.637. The van der Waals surface area contributed by atoms with E-state index in [1.54, 1.807) is 0 Å². The molecule has 1 aromatic carbocycles. The molecule has 16 heavy (non-hydrogen) atoms. The van der Waals surface area contributed by atoms with Gasteiger partial charge in [0.15, 0.2) is 0 Å². The van der Waals surface area contributed by atoms with Crippen molar-refractivity contribution in [3.63, 3.8) is 0 Å². The molecule has 0 radical (unpaired) electrons. The summed E-state index contributed by atoms with van der Waals surface area (Å²) in [5, 5.41) is 0. The fourth-order valence-corrected chi connectivity index (χ4v) is 2.45. The zero-order valence-electron chi connectivity index (χ0n) is 11.0. The van der Waals surface area contributed by atoms with Crippen molar-refractivity contribution in [2.24, 2.45) is 0 Å². The van der Waals surface area contributed by atoms with Gasteiger partial charge in [0, 0.05) is 0 Å². The Labute approximate surface area is 108 Å². The van der Waals surface area contributed by atoms with E-state index in [0.29, 0.717) is 16.4 Å². The Hall–Kier alpha value is -0.443. The van der Waals surface area contributed by atoms with Crippen molar-refractivity contribution in [3.05, 3.63) is 40.5 Å². The Balaban J connectivity index is 2.60. The molecule has 0 saturated heterocycles. The van der Waals surface area contributed by atoms with Crippen LogP contribution in [0.3, 0.4) is 0 Å². The minimum absolute atomic E-state index is 0.589. The number of fused-ring (bicyclic) bond motifs is 1. The third-order valence-corrected chi connectivity index (χ3v) is 3.60. The first-order valence-corrected chi connectivity index (χ1v) is 6.36. The van der Waals surface area contributed by atoms with Gasteiger partial charge >= 0.3 is 108 Å². The molecule has 1 atom stereocenters. The molecule has 1 aliphatic carbocycles. The fraction of sp³-hybridized carbons (Fsp3) is 0.467. The molecule has 1 heteroatoms. The van der Waals surface area contributed by atoms with Crippen molar-refractivity contribution in [2.45, 2.75) is 44.1 Å². The van der Waals surface area contributed by atoms with Crippen molar-refractivity contribution in [3.8, 4) is 0 Å². The molecule has 0 saturated carbocycles. The standard InChI is InChI=1S/C15H19.Li/c1-10(2)13-8-12-6-5-7-14(12)15(9-13)11(3)4;/h5-11H,1-4H3;. The van der Waals surface area contributed by atoms with E-state index >= 15 is 0 Å². The molecule has 0 aromatic heterocycles. The summed E-state index contributed by atoms with van der Waals surface area (Å²) in [5.41, 5.74) is 6.00. The molecular formula is C15H19Li. The van der Waals surface area contributed by atoms with Crippen molar-refractivity contribution in [1.82, 2.24) is 0 Å². The molecular weight excluding hydrogens is 187 g/mol. The number of rotatable bonds is 2. The van der Waals surface area contributed by atoms with E-state index in [1.807, 2.05) is 0 Å². The molecule has 1 aliphatic rings. The van der Waals surface area contributed by atoms with E-state index in [9.17, 15) is 0 Å². The van der Waals surface area contributed by atoms with Crippen LogP contribution in [0.1, 0.15) is 66.4 Å². The van der Waals surface area contributed by atoms with E-state index in [1.165, 1.54) is 22.3 Å². The van der Waals surface area contributed by atoms with Gasteiger partial charge in [-0.15, -0.1) is 0 Å². The molecule has 2 rings (SSSR count). The van der Waals surface area contributed by atoms with Gasteiger partial charge in [0.1, 0.15) is 0 Å². The van der Waals surface area contributed by atoms with E-state index in [0.717, 1.165) is 0 Å². The Morgan fingerprint density at radius 1 is 1.06 bits per heavy atom. The summed E-state index contributed by atoms with van der Waals surface area (Å²) in [6.07, 6.45) is 4.63. The van der Waals surface area contributed by atoms with Crippen LogP contribution in [0.5, 0.6) is 0 Å². The van der Waals surface area contributed by atoms with Gasteiger partial charge in [0.25, 0.3) is 0 Å². The minimum atomic E-state index is 0.589. The molecule has 0 amide bonds. The van der Waals surface area contributed by atoms with E-state index in [-0.39, 0.29) is 0 Å². The predicted octanol–water partition coefficient (Wildman–Crippen LogP) is 4.17. The molecule has 1 unspecified atom stereocenters. The van der Waals surface area contributed by atoms with Gasteiger partial charge < -0.3 is 0 Å². The van der Waals surface area contributed by atoms with Crippen LogP contribution in [-0.4, -0.2) is 17.7 Å². The molecule has 0 heterocycles. The summed E-state index contributed by atoms with van der Waals surface area (Å²) >= 11 is 2.29. The van der Waals surface area contributed by atoms with E-state index < -0.39 is 0 Å². The third-order valence-electron chi connectivity index (χ3n) is 3.60. The number of hydrogen-bond acceptors (Lipinski definition) is 0. The van der Waals surface area contributed by atoms with Gasteiger partial charge in [0.05, 0.1) is 0 Å². The zero-order chi connectivity index (χ0) is 11.9. The Morgan fingerprint density at radius 3 is 2.31 bits per heavy atom. The van der Waals surface area contributed by atoms with Gasteiger partial charge in [-0.1, -0.05) is 0 Å². The van der Waals surface area contributed by atoms with Crippen molar-refractivity contribution < 1.29 is 0 Å². The SMILES string of the molecule is [Li][CH]1C=Cc2c(C(C)C)cc(C(C)C)cc21. The monoisotopic (exact) mass is 206 g/mol. The van der Waals surface area contributed by atoms with Crippen molar-refractivity contribution in [1.29, 1.82) is 0 Å². The zero-order valence-corrected chi connectivity index (χ0v) is 11.0. The maximum atomic E-state index is 2.40. The average molecular weight is 206 g/mol. The Morgan fingerprint density at radius 2 is 1.75 bits per heavy atom. The number of allylic oxidation sites excluding steroid dienone is 1. The second-order valence-electron chi connectivity index (χ2n) is 5.57. The van der Waals surface area contributed by atoms with Crippen LogP contribution in [0, 0.1) is 0 Å². The van der Waals surface area contributed by atoms with Crippen LogP contribution in [0.25, 0.3) is 6.08 Å². The van der Waals surface area contributed by atoms with Gasteiger partial charge in [0.2, 0.25) is 0 Å². The number of benzene rings is 1. The fourth-order valence-electron chi connectivity index (χ4n) is 2.45. The summed E-state index contributed by atoms with van der Waals surface area (Å²) in [4.78, 5) is 0. The van der Waals surface area contributed by atoms with Gasteiger partial charge in [-0.05, 0) is 0 Å². The van der Waals surface area contributed by atoms with Crippen molar-refractivity contribution in [2.75, 3.05) is 0 Å². The third kappa shape index (κ3) is 2.02. The van der Waals surface area contributed by atoms with Crippen LogP contribution in [0.4, 0.5) is 0 Å². The second-order valence-corrected chi connectivity index (χ2v) is 5.57. The first-order valence-electron chi connectivity index (χ1n) is 6.36. The van der Waals surface area contributed by atoms with Crippen LogP contribution in [0.2, 0.25) is 0 Å². The molecule has 0 bridgehead atoms. The second kappa shape index (κ2) is 4.44. The summed E-state index contributed by atoms with van der Waals surface area (Å²) < 4.78 is 0.589. The van der Waals surface area contributed by atoms with Gasteiger partial charge in [-0.25, -0.2) is 0 Å². The maximum absolute atomic E-state index is 2.40. The van der Waals surface area contributed by atoms with Crippen LogP contribution in [0.15, 0.2) is 18.2 Å². The molecule has 0 aliphatic heterocycles. The van der Waals surface area contributed by atoms with Gasteiger partial charge in [-0.3, -0.25) is 0 Å². The van der Waals surface area contributed by atoms with E-state index in [4.69, 9.17) is 0 Å². The normalized spacial score (nSPS) is 18.6.